The van der Waals surface area contributed by atoms with Gasteiger partial charge in [-0.2, -0.15) is 0 Å². The van der Waals surface area contributed by atoms with Crippen molar-refractivity contribution in [1.29, 1.82) is 0 Å². The van der Waals surface area contributed by atoms with Gasteiger partial charge in [-0.05, 0) is 113 Å². The van der Waals surface area contributed by atoms with Gasteiger partial charge in [-0.15, -0.1) is 6.58 Å². The summed E-state index contributed by atoms with van der Waals surface area (Å²) in [6.45, 7) is 23.6. The van der Waals surface area contributed by atoms with E-state index < -0.39 is 9.84 Å². The van der Waals surface area contributed by atoms with Gasteiger partial charge < -0.3 is 5.11 Å². The first kappa shape index (κ1) is 37.5. The van der Waals surface area contributed by atoms with Crippen LogP contribution in [0.4, 0.5) is 0 Å². The minimum Gasteiger partial charge on any atom is -0.393 e. The second-order valence-corrected chi connectivity index (χ2v) is 14.5. The zero-order valence-electron chi connectivity index (χ0n) is 28.0. The first-order chi connectivity index (χ1) is 21.1. The largest absolute Gasteiger partial charge is 0.393 e. The summed E-state index contributed by atoms with van der Waals surface area (Å²) in [5.41, 5.74) is 6.27. The molecule has 0 aromatic heterocycles. The van der Waals surface area contributed by atoms with Gasteiger partial charge in [-0.1, -0.05) is 111 Å². The van der Waals surface area contributed by atoms with Gasteiger partial charge in [0.2, 0.25) is 0 Å². The van der Waals surface area contributed by atoms with Gasteiger partial charge >= 0.3 is 0 Å². The fraction of sp³-hybridized carbons (Fsp3) is 0.500. The smallest absolute Gasteiger partial charge is 0.178 e. The Hall–Kier alpha value is -2.69. The average Bonchev–Trinajstić information content (AvgIpc) is 3.40. The first-order valence-corrected chi connectivity index (χ1v) is 18.3. The molecule has 1 aromatic rings. The molecule has 3 nitrogen and oxygen atoms in total. The molecule has 3 fully saturated rings. The Bertz CT molecular complexity index is 1310. The highest BCUT2D eigenvalue weighted by molar-refractivity contribution is 7.91. The van der Waals surface area contributed by atoms with E-state index in [4.69, 9.17) is 0 Å². The lowest BCUT2D eigenvalue weighted by Gasteiger charge is -2.43. The van der Waals surface area contributed by atoms with Crippen LogP contribution in [0.1, 0.15) is 97.0 Å². The molecule has 3 saturated carbocycles. The number of aliphatic hydroxyl groups is 1. The molecule has 0 amide bonds. The molecule has 1 N–H and O–H groups in total. The third-order valence-electron chi connectivity index (χ3n) is 9.60. The van der Waals surface area contributed by atoms with Crippen LogP contribution in [0.25, 0.3) is 0 Å². The molecule has 4 unspecified atom stereocenters. The maximum atomic E-state index is 12.7. The molecule has 4 heteroatoms. The lowest BCUT2D eigenvalue weighted by molar-refractivity contribution is 0.158. The maximum absolute atomic E-state index is 12.7. The predicted molar refractivity (Wildman–Crippen MR) is 190 cm³/mol. The number of fused-ring (bicyclic) bond motifs is 1. The monoisotopic (exact) mass is 618 g/mol. The number of hydrogen-bond acceptors (Lipinski definition) is 3. The second-order valence-electron chi connectivity index (χ2n) is 12.4. The van der Waals surface area contributed by atoms with Crippen LogP contribution in [-0.4, -0.2) is 25.4 Å². The summed E-state index contributed by atoms with van der Waals surface area (Å²) in [6, 6.07) is 7.20. The minimum absolute atomic E-state index is 0.140. The molecule has 44 heavy (non-hydrogen) atoms. The van der Waals surface area contributed by atoms with Crippen molar-refractivity contribution in [3.63, 3.8) is 0 Å². The summed E-state index contributed by atoms with van der Waals surface area (Å²) < 4.78 is 25.4. The number of aliphatic hydroxyl groups excluding tert-OH is 1. The van der Waals surface area contributed by atoms with Crippen LogP contribution < -0.4 is 0 Å². The highest BCUT2D eigenvalue weighted by Gasteiger charge is 2.49. The molecule has 4 atom stereocenters. The third-order valence-corrected chi connectivity index (χ3v) is 11.4. The fourth-order valence-corrected chi connectivity index (χ4v) is 8.46. The quantitative estimate of drug-likeness (QED) is 0.161. The molecule has 1 aromatic carbocycles. The lowest BCUT2D eigenvalue weighted by Crippen LogP contribution is -2.34. The normalized spacial score (nSPS) is 27.0. The number of sulfone groups is 1. The van der Waals surface area contributed by atoms with Crippen LogP contribution in [0.3, 0.4) is 0 Å². The molecular formula is C40H58O3S. The minimum atomic E-state index is -3.21. The van der Waals surface area contributed by atoms with Gasteiger partial charge in [0, 0.05) is 0 Å². The molecule has 242 valence electrons. The van der Waals surface area contributed by atoms with Crippen LogP contribution in [-0.2, 0) is 9.84 Å². The van der Waals surface area contributed by atoms with E-state index in [2.05, 4.69) is 44.5 Å². The van der Waals surface area contributed by atoms with Crippen LogP contribution in [0, 0.1) is 24.2 Å². The number of hydrogen-bond donors (Lipinski definition) is 1. The standard InChI is InChI=1S/C31H42O3S.C7H10.C2H6/c1-4-31-20-7-8-25(13-14-26-22-28(32)16-12-24(26)3)30(31)19-15-27(31)9-5-6-21-35(33,34)29-17-10-23(2)11-18-29;1-4-6-7(3)5-2;1-2/h4,10-11,13-14,17-18,27-28,30,32H,1,3,5-9,12,15-16,19-22H2,2H3;4-6H,1-2H2,3H3;1-2H3/b25-13+,26-14-;7-6-;. The Balaban J connectivity index is 0.000000661. The molecule has 0 aliphatic heterocycles. The lowest BCUT2D eigenvalue weighted by atomic mass is 9.61. The predicted octanol–water partition coefficient (Wildman–Crippen LogP) is 10.6. The number of allylic oxidation sites excluding steroid dienone is 9. The van der Waals surface area contributed by atoms with Crippen molar-refractivity contribution in [2.75, 3.05) is 5.75 Å². The van der Waals surface area contributed by atoms with Crippen molar-refractivity contribution in [2.24, 2.45) is 17.3 Å². The van der Waals surface area contributed by atoms with Crippen molar-refractivity contribution in [3.05, 3.63) is 115 Å². The summed E-state index contributed by atoms with van der Waals surface area (Å²) in [4.78, 5) is 0.441. The topological polar surface area (TPSA) is 54.4 Å². The van der Waals surface area contributed by atoms with Crippen molar-refractivity contribution in [1.82, 2.24) is 0 Å². The van der Waals surface area contributed by atoms with E-state index in [0.29, 0.717) is 29.6 Å². The molecule has 0 radical (unpaired) electrons. The number of unbranched alkanes of at least 4 members (excludes halogenated alkanes) is 1. The third kappa shape index (κ3) is 10.2. The van der Waals surface area contributed by atoms with Crippen molar-refractivity contribution >= 4 is 9.84 Å². The van der Waals surface area contributed by atoms with Gasteiger partial charge in [0.15, 0.2) is 9.84 Å². The van der Waals surface area contributed by atoms with Crippen LogP contribution in [0.5, 0.6) is 0 Å². The highest BCUT2D eigenvalue weighted by atomic mass is 32.2. The summed E-state index contributed by atoms with van der Waals surface area (Å²) in [5, 5.41) is 10.1. The van der Waals surface area contributed by atoms with Gasteiger partial charge in [0.05, 0.1) is 16.8 Å². The van der Waals surface area contributed by atoms with Gasteiger partial charge in [0.1, 0.15) is 0 Å². The van der Waals surface area contributed by atoms with E-state index in [1.807, 2.05) is 45.9 Å². The maximum Gasteiger partial charge on any atom is 0.178 e. The van der Waals surface area contributed by atoms with Crippen LogP contribution in [0.15, 0.2) is 114 Å². The van der Waals surface area contributed by atoms with E-state index in [1.54, 1.807) is 24.3 Å². The first-order valence-electron chi connectivity index (χ1n) is 16.7. The number of benzene rings is 1. The molecule has 0 bridgehead atoms. The summed E-state index contributed by atoms with van der Waals surface area (Å²) in [7, 11) is -3.21. The Kier molecular flexibility index (Phi) is 15.6. The van der Waals surface area contributed by atoms with Gasteiger partial charge in [-0.25, -0.2) is 8.42 Å². The van der Waals surface area contributed by atoms with E-state index in [-0.39, 0.29) is 17.3 Å². The molecule has 3 aliphatic rings. The molecule has 4 rings (SSSR count). The highest BCUT2D eigenvalue weighted by Crippen LogP contribution is 2.59. The van der Waals surface area contributed by atoms with E-state index in [1.165, 1.54) is 42.4 Å². The SMILES string of the molecule is C=C/C=C(/C)C=C.C=CC12CCC/C(=C\C=C3\CC(O)CCC3=C)C1CCC2CCCCS(=O)(=O)c1ccc(C)cc1.CC. The van der Waals surface area contributed by atoms with Crippen molar-refractivity contribution in [3.8, 4) is 0 Å². The summed E-state index contributed by atoms with van der Waals surface area (Å²) in [6.07, 6.45) is 23.0. The Labute approximate surface area is 269 Å². The zero-order chi connectivity index (χ0) is 32.8. The van der Waals surface area contributed by atoms with Gasteiger partial charge in [-0.3, -0.25) is 0 Å². The summed E-state index contributed by atoms with van der Waals surface area (Å²) >= 11 is 0. The molecule has 0 heterocycles. The van der Waals surface area contributed by atoms with Gasteiger partial charge in [0.25, 0.3) is 0 Å². The molecule has 3 aliphatic carbocycles. The average molecular weight is 619 g/mol. The van der Waals surface area contributed by atoms with E-state index in [0.717, 1.165) is 43.2 Å². The van der Waals surface area contributed by atoms with Crippen molar-refractivity contribution in [2.45, 2.75) is 109 Å². The molecule has 0 saturated heterocycles. The molecular weight excluding hydrogens is 561 g/mol. The zero-order valence-corrected chi connectivity index (χ0v) is 28.8. The van der Waals surface area contributed by atoms with E-state index in [9.17, 15) is 13.5 Å². The van der Waals surface area contributed by atoms with Crippen LogP contribution >= 0.6 is 0 Å². The Morgan fingerprint density at radius 2 is 1.73 bits per heavy atom. The number of aryl methyl sites for hydroxylation is 1. The van der Waals surface area contributed by atoms with Crippen molar-refractivity contribution < 1.29 is 13.5 Å². The van der Waals surface area contributed by atoms with E-state index >= 15 is 0 Å². The summed E-state index contributed by atoms with van der Waals surface area (Å²) in [5.74, 6) is 1.34. The fourth-order valence-electron chi connectivity index (χ4n) is 7.09. The molecule has 0 spiro atoms. The Morgan fingerprint density at radius 3 is 2.34 bits per heavy atom. The second kappa shape index (κ2) is 18.3. The Morgan fingerprint density at radius 1 is 1.02 bits per heavy atom. The van der Waals surface area contributed by atoms with Crippen LogP contribution in [0.2, 0.25) is 0 Å². The number of rotatable bonds is 10.